The Labute approximate surface area is 145 Å². The van der Waals surface area contributed by atoms with E-state index in [0.29, 0.717) is 19.6 Å². The van der Waals surface area contributed by atoms with Crippen molar-refractivity contribution in [3.05, 3.63) is 29.3 Å². The molecule has 0 atom stereocenters. The van der Waals surface area contributed by atoms with Gasteiger partial charge in [0.2, 0.25) is 11.8 Å². The molecule has 132 valence electrons. The van der Waals surface area contributed by atoms with Crippen LogP contribution in [0.15, 0.2) is 18.2 Å². The third kappa shape index (κ3) is 4.57. The number of anilines is 1. The van der Waals surface area contributed by atoms with Crippen molar-refractivity contribution in [2.75, 3.05) is 38.0 Å². The highest BCUT2D eigenvalue weighted by molar-refractivity contribution is 5.93. The first-order valence-electron chi connectivity index (χ1n) is 8.81. The van der Waals surface area contributed by atoms with Gasteiger partial charge in [-0.15, -0.1) is 0 Å². The molecule has 1 heterocycles. The van der Waals surface area contributed by atoms with Crippen LogP contribution >= 0.6 is 0 Å². The van der Waals surface area contributed by atoms with Gasteiger partial charge in [-0.05, 0) is 24.5 Å². The van der Waals surface area contributed by atoms with Crippen LogP contribution in [0.3, 0.4) is 0 Å². The number of carbonyl (C=O) groups is 2. The average Bonchev–Trinajstić information content (AvgIpc) is 2.56. The lowest BCUT2D eigenvalue weighted by Gasteiger charge is -2.35. The van der Waals surface area contributed by atoms with Gasteiger partial charge >= 0.3 is 0 Å². The summed E-state index contributed by atoms with van der Waals surface area (Å²) in [5.74, 6) is 0.252. The van der Waals surface area contributed by atoms with Crippen molar-refractivity contribution in [2.24, 2.45) is 5.92 Å². The summed E-state index contributed by atoms with van der Waals surface area (Å²) in [6, 6.07) is 6.10. The molecule has 0 unspecified atom stereocenters. The standard InChI is InChI=1S/C19H29N3O2/c1-5-16-8-6-7-15(4)18(16)20-17(23)13-21-9-11-22(12-10-21)19(24)14(2)3/h6-8,14H,5,9-13H2,1-4H3,(H,20,23). The minimum absolute atomic E-state index is 0.0163. The molecule has 0 radical (unpaired) electrons. The number of amides is 2. The van der Waals surface area contributed by atoms with Crippen LogP contribution in [0.5, 0.6) is 0 Å². The van der Waals surface area contributed by atoms with Crippen molar-refractivity contribution in [1.82, 2.24) is 9.80 Å². The molecule has 5 heteroatoms. The minimum Gasteiger partial charge on any atom is -0.340 e. The third-order valence-corrected chi connectivity index (χ3v) is 4.55. The van der Waals surface area contributed by atoms with Gasteiger partial charge in [0, 0.05) is 37.8 Å². The van der Waals surface area contributed by atoms with Crippen molar-refractivity contribution in [3.8, 4) is 0 Å². The molecule has 0 aliphatic carbocycles. The number of aryl methyl sites for hydroxylation is 2. The zero-order valence-corrected chi connectivity index (χ0v) is 15.3. The summed E-state index contributed by atoms with van der Waals surface area (Å²) in [7, 11) is 0. The normalized spacial score (nSPS) is 15.6. The van der Waals surface area contributed by atoms with Gasteiger partial charge in [0.15, 0.2) is 0 Å². The van der Waals surface area contributed by atoms with E-state index in [1.807, 2.05) is 37.8 Å². The maximum atomic E-state index is 12.4. The van der Waals surface area contributed by atoms with E-state index in [1.165, 1.54) is 0 Å². The lowest BCUT2D eigenvalue weighted by atomic mass is 10.1. The van der Waals surface area contributed by atoms with E-state index in [1.54, 1.807) is 0 Å². The summed E-state index contributed by atoms with van der Waals surface area (Å²) in [6.45, 7) is 11.2. The van der Waals surface area contributed by atoms with E-state index in [9.17, 15) is 9.59 Å². The van der Waals surface area contributed by atoms with Gasteiger partial charge in [0.25, 0.3) is 0 Å². The van der Waals surface area contributed by atoms with E-state index in [4.69, 9.17) is 0 Å². The minimum atomic E-state index is 0.0163. The molecule has 1 aliphatic heterocycles. The molecule has 0 aromatic heterocycles. The molecule has 1 aromatic rings. The SMILES string of the molecule is CCc1cccc(C)c1NC(=O)CN1CCN(C(=O)C(C)C)CC1. The van der Waals surface area contributed by atoms with E-state index >= 15 is 0 Å². The maximum absolute atomic E-state index is 12.4. The Balaban J connectivity index is 1.88. The summed E-state index contributed by atoms with van der Waals surface area (Å²) in [6.07, 6.45) is 0.896. The Hall–Kier alpha value is -1.88. The van der Waals surface area contributed by atoms with Crippen LogP contribution in [0.4, 0.5) is 5.69 Å². The molecule has 0 saturated carbocycles. The van der Waals surface area contributed by atoms with Crippen LogP contribution in [0.2, 0.25) is 0 Å². The number of nitrogens with one attached hydrogen (secondary N) is 1. The van der Waals surface area contributed by atoms with E-state index in [2.05, 4.69) is 23.2 Å². The molecular weight excluding hydrogens is 302 g/mol. The summed E-state index contributed by atoms with van der Waals surface area (Å²) in [5, 5.41) is 3.07. The van der Waals surface area contributed by atoms with Crippen molar-refractivity contribution in [1.29, 1.82) is 0 Å². The molecule has 1 saturated heterocycles. The zero-order chi connectivity index (χ0) is 17.7. The Bertz CT molecular complexity index is 590. The predicted octanol–water partition coefficient (Wildman–Crippen LogP) is 2.30. The first kappa shape index (κ1) is 18.5. The second-order valence-corrected chi connectivity index (χ2v) is 6.77. The zero-order valence-electron chi connectivity index (χ0n) is 15.3. The predicted molar refractivity (Wildman–Crippen MR) is 97.0 cm³/mol. The smallest absolute Gasteiger partial charge is 0.238 e. The maximum Gasteiger partial charge on any atom is 0.238 e. The fourth-order valence-corrected chi connectivity index (χ4v) is 3.08. The van der Waals surface area contributed by atoms with Crippen molar-refractivity contribution >= 4 is 17.5 Å². The molecule has 2 rings (SSSR count). The first-order chi connectivity index (χ1) is 11.4. The molecule has 0 bridgehead atoms. The Morgan fingerprint density at radius 1 is 1.17 bits per heavy atom. The molecule has 1 N–H and O–H groups in total. The summed E-state index contributed by atoms with van der Waals surface area (Å²) in [5.41, 5.74) is 3.20. The molecular formula is C19H29N3O2. The number of hydrogen-bond acceptors (Lipinski definition) is 3. The van der Waals surface area contributed by atoms with Gasteiger partial charge in [0.1, 0.15) is 0 Å². The van der Waals surface area contributed by atoms with E-state index < -0.39 is 0 Å². The van der Waals surface area contributed by atoms with Crippen molar-refractivity contribution in [3.63, 3.8) is 0 Å². The van der Waals surface area contributed by atoms with Gasteiger partial charge in [-0.2, -0.15) is 0 Å². The molecule has 1 aliphatic rings. The lowest BCUT2D eigenvalue weighted by molar-refractivity contribution is -0.136. The van der Waals surface area contributed by atoms with Crippen LogP contribution in [0, 0.1) is 12.8 Å². The number of para-hydroxylation sites is 1. The Morgan fingerprint density at radius 3 is 2.42 bits per heavy atom. The monoisotopic (exact) mass is 331 g/mol. The number of hydrogen-bond donors (Lipinski definition) is 1. The van der Waals surface area contributed by atoms with E-state index in [0.717, 1.165) is 36.3 Å². The third-order valence-electron chi connectivity index (χ3n) is 4.55. The van der Waals surface area contributed by atoms with Gasteiger partial charge in [-0.3, -0.25) is 14.5 Å². The van der Waals surface area contributed by atoms with Gasteiger partial charge in [-0.25, -0.2) is 0 Å². The molecule has 24 heavy (non-hydrogen) atoms. The molecule has 0 spiro atoms. The van der Waals surface area contributed by atoms with Crippen LogP contribution in [0.1, 0.15) is 31.9 Å². The number of nitrogens with zero attached hydrogens (tertiary/aromatic N) is 2. The number of carbonyl (C=O) groups excluding carboxylic acids is 2. The summed E-state index contributed by atoms with van der Waals surface area (Å²) < 4.78 is 0. The highest BCUT2D eigenvalue weighted by atomic mass is 16.2. The van der Waals surface area contributed by atoms with Crippen molar-refractivity contribution in [2.45, 2.75) is 34.1 Å². The molecule has 1 aromatic carbocycles. The van der Waals surface area contributed by atoms with Crippen LogP contribution in [-0.4, -0.2) is 54.3 Å². The van der Waals surface area contributed by atoms with Crippen LogP contribution in [0.25, 0.3) is 0 Å². The average molecular weight is 331 g/mol. The van der Waals surface area contributed by atoms with Gasteiger partial charge in [0.05, 0.1) is 6.54 Å². The van der Waals surface area contributed by atoms with Crippen LogP contribution in [-0.2, 0) is 16.0 Å². The topological polar surface area (TPSA) is 52.7 Å². The molecule has 5 nitrogen and oxygen atoms in total. The fraction of sp³-hybridized carbons (Fsp3) is 0.579. The fourth-order valence-electron chi connectivity index (χ4n) is 3.08. The van der Waals surface area contributed by atoms with Gasteiger partial charge < -0.3 is 10.2 Å². The highest BCUT2D eigenvalue weighted by Crippen LogP contribution is 2.21. The lowest BCUT2D eigenvalue weighted by Crippen LogP contribution is -2.51. The Kier molecular flexibility index (Phi) is 6.37. The first-order valence-corrected chi connectivity index (χ1v) is 8.81. The second-order valence-electron chi connectivity index (χ2n) is 6.77. The van der Waals surface area contributed by atoms with Crippen molar-refractivity contribution < 1.29 is 9.59 Å². The molecule has 2 amide bonds. The molecule has 1 fully saturated rings. The quantitative estimate of drug-likeness (QED) is 0.901. The number of piperazine rings is 1. The summed E-state index contributed by atoms with van der Waals surface area (Å²) in [4.78, 5) is 28.4. The number of rotatable bonds is 5. The summed E-state index contributed by atoms with van der Waals surface area (Å²) >= 11 is 0. The van der Waals surface area contributed by atoms with E-state index in [-0.39, 0.29) is 17.7 Å². The Morgan fingerprint density at radius 2 is 1.83 bits per heavy atom. The number of benzene rings is 1. The van der Waals surface area contributed by atoms with Gasteiger partial charge in [-0.1, -0.05) is 39.0 Å². The second kappa shape index (κ2) is 8.29. The highest BCUT2D eigenvalue weighted by Gasteiger charge is 2.24. The van der Waals surface area contributed by atoms with Crippen LogP contribution < -0.4 is 5.32 Å². The largest absolute Gasteiger partial charge is 0.340 e.